The van der Waals surface area contributed by atoms with Gasteiger partial charge < -0.3 is 4.52 Å². The van der Waals surface area contributed by atoms with Gasteiger partial charge in [0.15, 0.2) is 0 Å². The van der Waals surface area contributed by atoms with Crippen molar-refractivity contribution in [2.45, 2.75) is 26.2 Å². The van der Waals surface area contributed by atoms with E-state index in [0.717, 1.165) is 22.9 Å². The van der Waals surface area contributed by atoms with Gasteiger partial charge in [-0.1, -0.05) is 25.9 Å². The predicted molar refractivity (Wildman–Crippen MR) is 80.6 cm³/mol. The van der Waals surface area contributed by atoms with E-state index in [-0.39, 0.29) is 11.3 Å². The van der Waals surface area contributed by atoms with Crippen molar-refractivity contribution in [3.05, 3.63) is 35.5 Å². The van der Waals surface area contributed by atoms with E-state index in [9.17, 15) is 4.79 Å². The molecule has 3 rings (SSSR count). The van der Waals surface area contributed by atoms with Crippen molar-refractivity contribution in [3.63, 3.8) is 0 Å². The number of rotatable bonds is 2. The number of nitrogens with zero attached hydrogens (tertiary/aromatic N) is 3. The molecular weight excluding hydrogens is 288 g/mol. The molecule has 0 saturated carbocycles. The molecule has 0 radical (unpaired) electrons. The molecule has 1 amide bonds. The van der Waals surface area contributed by atoms with Crippen LogP contribution in [0.4, 0.5) is 5.88 Å². The van der Waals surface area contributed by atoms with Crippen molar-refractivity contribution in [2.75, 3.05) is 5.32 Å². The number of carbonyl (C=O) groups excluding carboxylic acids is 1. The molecule has 1 N–H and O–H groups in total. The average Bonchev–Trinajstić information content (AvgIpc) is 3.04. The van der Waals surface area contributed by atoms with Crippen LogP contribution in [0, 0.1) is 0 Å². The van der Waals surface area contributed by atoms with E-state index in [1.165, 1.54) is 0 Å². The minimum Gasteiger partial charge on any atom is -0.338 e. The lowest BCUT2D eigenvalue weighted by Crippen LogP contribution is -2.12. The maximum absolute atomic E-state index is 12.2. The minimum absolute atomic E-state index is 0.127. The molecule has 6 nitrogen and oxygen atoms in total. The van der Waals surface area contributed by atoms with Crippen LogP contribution in [0.15, 0.2) is 28.8 Å². The molecule has 0 aliphatic carbocycles. The number of hydrogen-bond acceptors (Lipinski definition) is 6. The van der Waals surface area contributed by atoms with Gasteiger partial charge in [0.1, 0.15) is 11.0 Å². The standard InChI is InChI=1S/C14H14N4O2S/c1-14(2,3)11-7-12(20-16-11)15-13(19)8-4-5-9-10(6-8)18-21-17-9/h4-7H,1-3H3,(H,15,19). The zero-order valence-corrected chi connectivity index (χ0v) is 12.7. The first kappa shape index (κ1) is 13.7. The van der Waals surface area contributed by atoms with Crippen molar-refractivity contribution in [1.82, 2.24) is 13.9 Å². The summed E-state index contributed by atoms with van der Waals surface area (Å²) in [5, 5.41) is 6.66. The summed E-state index contributed by atoms with van der Waals surface area (Å²) in [6.07, 6.45) is 0. The Kier molecular flexibility index (Phi) is 3.21. The fourth-order valence-corrected chi connectivity index (χ4v) is 2.31. The zero-order chi connectivity index (χ0) is 15.0. The van der Waals surface area contributed by atoms with E-state index in [4.69, 9.17) is 4.52 Å². The Labute approximate surface area is 125 Å². The maximum atomic E-state index is 12.2. The van der Waals surface area contributed by atoms with Gasteiger partial charge in [0, 0.05) is 17.0 Å². The second-order valence-electron chi connectivity index (χ2n) is 5.75. The predicted octanol–water partition coefficient (Wildman–Crippen LogP) is 3.23. The normalized spacial score (nSPS) is 11.8. The zero-order valence-electron chi connectivity index (χ0n) is 11.9. The van der Waals surface area contributed by atoms with Gasteiger partial charge in [-0.2, -0.15) is 8.75 Å². The Balaban J connectivity index is 1.81. The van der Waals surface area contributed by atoms with E-state index >= 15 is 0 Å². The van der Waals surface area contributed by atoms with Gasteiger partial charge in [0.05, 0.1) is 17.4 Å². The fraction of sp³-hybridized carbons (Fsp3) is 0.286. The fourth-order valence-electron chi connectivity index (χ4n) is 1.79. The van der Waals surface area contributed by atoms with Crippen LogP contribution >= 0.6 is 11.7 Å². The van der Waals surface area contributed by atoms with Gasteiger partial charge >= 0.3 is 0 Å². The highest BCUT2D eigenvalue weighted by atomic mass is 32.1. The van der Waals surface area contributed by atoms with Crippen molar-refractivity contribution in [2.24, 2.45) is 0 Å². The van der Waals surface area contributed by atoms with Crippen LogP contribution in [0.1, 0.15) is 36.8 Å². The summed E-state index contributed by atoms with van der Waals surface area (Å²) >= 11 is 1.12. The molecule has 1 aromatic carbocycles. The van der Waals surface area contributed by atoms with Gasteiger partial charge in [-0.3, -0.25) is 10.1 Å². The smallest absolute Gasteiger partial charge is 0.258 e. The Morgan fingerprint density at radius 1 is 1.19 bits per heavy atom. The van der Waals surface area contributed by atoms with Crippen molar-refractivity contribution in [1.29, 1.82) is 0 Å². The number of amides is 1. The third-order valence-electron chi connectivity index (χ3n) is 3.03. The van der Waals surface area contributed by atoms with Crippen LogP contribution in [0.2, 0.25) is 0 Å². The van der Waals surface area contributed by atoms with Crippen molar-refractivity contribution >= 4 is 34.6 Å². The molecule has 0 saturated heterocycles. The topological polar surface area (TPSA) is 80.9 Å². The molecule has 2 aromatic heterocycles. The molecule has 2 heterocycles. The summed E-state index contributed by atoms with van der Waals surface area (Å²) in [7, 11) is 0. The third kappa shape index (κ3) is 2.78. The third-order valence-corrected chi connectivity index (χ3v) is 3.59. The second kappa shape index (κ2) is 4.92. The highest BCUT2D eigenvalue weighted by molar-refractivity contribution is 7.00. The first-order valence-electron chi connectivity index (χ1n) is 6.44. The van der Waals surface area contributed by atoms with Crippen LogP contribution < -0.4 is 5.32 Å². The number of fused-ring (bicyclic) bond motifs is 1. The summed E-state index contributed by atoms with van der Waals surface area (Å²) in [5.41, 5.74) is 2.66. The molecule has 0 bridgehead atoms. The average molecular weight is 302 g/mol. The van der Waals surface area contributed by atoms with Crippen LogP contribution in [0.3, 0.4) is 0 Å². The van der Waals surface area contributed by atoms with Gasteiger partial charge in [-0.15, -0.1) is 0 Å². The Morgan fingerprint density at radius 3 is 2.67 bits per heavy atom. The van der Waals surface area contributed by atoms with E-state index in [0.29, 0.717) is 17.0 Å². The molecule has 0 aliphatic rings. The largest absolute Gasteiger partial charge is 0.338 e. The Morgan fingerprint density at radius 2 is 1.95 bits per heavy atom. The summed E-state index contributed by atoms with van der Waals surface area (Å²) in [4.78, 5) is 12.2. The summed E-state index contributed by atoms with van der Waals surface area (Å²) in [6, 6.07) is 6.92. The monoisotopic (exact) mass is 302 g/mol. The molecular formula is C14H14N4O2S. The quantitative estimate of drug-likeness (QED) is 0.786. The highest BCUT2D eigenvalue weighted by Gasteiger charge is 2.20. The van der Waals surface area contributed by atoms with Crippen LogP contribution in [0.25, 0.3) is 11.0 Å². The molecule has 3 aromatic rings. The first-order valence-corrected chi connectivity index (χ1v) is 7.17. The SMILES string of the molecule is CC(C)(C)c1cc(NC(=O)c2ccc3nsnc3c2)on1. The minimum atomic E-state index is -0.262. The molecule has 7 heteroatoms. The molecule has 0 aliphatic heterocycles. The Bertz CT molecular complexity index is 801. The lowest BCUT2D eigenvalue weighted by molar-refractivity contribution is 0.102. The van der Waals surface area contributed by atoms with E-state index in [1.54, 1.807) is 24.3 Å². The van der Waals surface area contributed by atoms with E-state index < -0.39 is 0 Å². The van der Waals surface area contributed by atoms with Crippen LogP contribution in [-0.4, -0.2) is 19.8 Å². The lowest BCUT2D eigenvalue weighted by atomic mass is 9.92. The lowest BCUT2D eigenvalue weighted by Gasteiger charge is -2.12. The van der Waals surface area contributed by atoms with E-state index in [1.807, 2.05) is 20.8 Å². The van der Waals surface area contributed by atoms with Gasteiger partial charge in [0.2, 0.25) is 5.88 Å². The Hall–Kier alpha value is -2.28. The molecule has 21 heavy (non-hydrogen) atoms. The van der Waals surface area contributed by atoms with Crippen LogP contribution in [-0.2, 0) is 5.41 Å². The van der Waals surface area contributed by atoms with Crippen molar-refractivity contribution in [3.8, 4) is 0 Å². The van der Waals surface area contributed by atoms with E-state index in [2.05, 4.69) is 19.2 Å². The van der Waals surface area contributed by atoms with Crippen LogP contribution in [0.5, 0.6) is 0 Å². The first-order chi connectivity index (χ1) is 9.93. The van der Waals surface area contributed by atoms with Gasteiger partial charge in [-0.05, 0) is 18.2 Å². The molecule has 0 atom stereocenters. The number of nitrogens with one attached hydrogen (secondary N) is 1. The number of aromatic nitrogens is 3. The van der Waals surface area contributed by atoms with Gasteiger partial charge in [-0.25, -0.2) is 0 Å². The molecule has 0 unspecified atom stereocenters. The number of hydrogen-bond donors (Lipinski definition) is 1. The number of anilines is 1. The second-order valence-corrected chi connectivity index (χ2v) is 6.28. The molecule has 0 spiro atoms. The summed E-state index contributed by atoms with van der Waals surface area (Å²) in [5.74, 6) is 0.0722. The summed E-state index contributed by atoms with van der Waals surface area (Å²) < 4.78 is 13.4. The number of benzene rings is 1. The molecule has 108 valence electrons. The molecule has 0 fully saturated rings. The highest BCUT2D eigenvalue weighted by Crippen LogP contribution is 2.24. The number of carbonyl (C=O) groups is 1. The van der Waals surface area contributed by atoms with Crippen molar-refractivity contribution < 1.29 is 9.32 Å². The maximum Gasteiger partial charge on any atom is 0.258 e. The van der Waals surface area contributed by atoms with Gasteiger partial charge in [0.25, 0.3) is 5.91 Å². The summed E-state index contributed by atoms with van der Waals surface area (Å²) in [6.45, 7) is 6.08.